The first-order valence-corrected chi connectivity index (χ1v) is 5.39. The standard InChI is InChI=1S/C12H17NO2.ClH/c1-14-11-6-2-3-7-12(11)15-9-10-5-4-8-13-10;/h2-3,6-7,10,13H,4-5,8-9H2,1H3;1H/t10-;/m1./s1. The number of hydrogen-bond acceptors (Lipinski definition) is 3. The molecule has 0 amide bonds. The van der Waals surface area contributed by atoms with Gasteiger partial charge in [-0.1, -0.05) is 12.1 Å². The van der Waals surface area contributed by atoms with Gasteiger partial charge in [-0.15, -0.1) is 12.4 Å². The first kappa shape index (κ1) is 13.1. The van der Waals surface area contributed by atoms with Gasteiger partial charge in [0.2, 0.25) is 0 Å². The zero-order valence-corrected chi connectivity index (χ0v) is 10.3. The molecule has 2 rings (SSSR count). The molecule has 0 radical (unpaired) electrons. The number of hydrogen-bond donors (Lipinski definition) is 1. The topological polar surface area (TPSA) is 30.5 Å². The molecule has 1 aromatic carbocycles. The van der Waals surface area contributed by atoms with Gasteiger partial charge in [0.05, 0.1) is 7.11 Å². The van der Waals surface area contributed by atoms with Crippen molar-refractivity contribution in [2.45, 2.75) is 18.9 Å². The third kappa shape index (κ3) is 3.29. The number of ether oxygens (including phenoxy) is 2. The summed E-state index contributed by atoms with van der Waals surface area (Å²) in [5, 5.41) is 3.40. The second-order valence-electron chi connectivity index (χ2n) is 3.76. The van der Waals surface area contributed by atoms with E-state index in [1.54, 1.807) is 7.11 Å². The SMILES string of the molecule is COc1ccccc1OC[C@H]1CCCN1.Cl. The Morgan fingerprint density at radius 3 is 2.69 bits per heavy atom. The maximum absolute atomic E-state index is 5.72. The van der Waals surface area contributed by atoms with E-state index in [4.69, 9.17) is 9.47 Å². The fourth-order valence-electron chi connectivity index (χ4n) is 1.83. The van der Waals surface area contributed by atoms with Gasteiger partial charge in [0.25, 0.3) is 0 Å². The lowest BCUT2D eigenvalue weighted by Crippen LogP contribution is -2.28. The van der Waals surface area contributed by atoms with Crippen LogP contribution in [0.1, 0.15) is 12.8 Å². The summed E-state index contributed by atoms with van der Waals surface area (Å²) in [5.74, 6) is 1.63. The lowest BCUT2D eigenvalue weighted by Gasteiger charge is -2.14. The molecule has 0 bridgehead atoms. The Hall–Kier alpha value is -0.930. The van der Waals surface area contributed by atoms with Gasteiger partial charge in [0, 0.05) is 6.04 Å². The smallest absolute Gasteiger partial charge is 0.161 e. The lowest BCUT2D eigenvalue weighted by molar-refractivity contribution is 0.262. The Morgan fingerprint density at radius 1 is 1.31 bits per heavy atom. The Balaban J connectivity index is 0.00000128. The van der Waals surface area contributed by atoms with Crippen LogP contribution < -0.4 is 14.8 Å². The van der Waals surface area contributed by atoms with E-state index in [1.807, 2.05) is 24.3 Å². The molecular formula is C12H18ClNO2. The summed E-state index contributed by atoms with van der Waals surface area (Å²) < 4.78 is 10.9. The molecule has 0 unspecified atom stereocenters. The zero-order chi connectivity index (χ0) is 10.5. The number of halogens is 1. The van der Waals surface area contributed by atoms with Gasteiger partial charge in [-0.3, -0.25) is 0 Å². The monoisotopic (exact) mass is 243 g/mol. The highest BCUT2D eigenvalue weighted by atomic mass is 35.5. The van der Waals surface area contributed by atoms with Crippen molar-refractivity contribution in [2.75, 3.05) is 20.3 Å². The highest BCUT2D eigenvalue weighted by molar-refractivity contribution is 5.85. The van der Waals surface area contributed by atoms with Crippen molar-refractivity contribution >= 4 is 12.4 Å². The van der Waals surface area contributed by atoms with Crippen LogP contribution in [0.4, 0.5) is 0 Å². The van der Waals surface area contributed by atoms with Crippen molar-refractivity contribution in [1.29, 1.82) is 0 Å². The normalized spacial score (nSPS) is 18.9. The molecule has 1 N–H and O–H groups in total. The van der Waals surface area contributed by atoms with Gasteiger partial charge in [-0.05, 0) is 31.5 Å². The van der Waals surface area contributed by atoms with Crippen molar-refractivity contribution in [2.24, 2.45) is 0 Å². The Kier molecular flexibility index (Phi) is 5.43. The fourth-order valence-corrected chi connectivity index (χ4v) is 1.83. The largest absolute Gasteiger partial charge is 0.493 e. The van der Waals surface area contributed by atoms with E-state index in [2.05, 4.69) is 5.32 Å². The van der Waals surface area contributed by atoms with Gasteiger partial charge in [0.1, 0.15) is 6.61 Å². The summed E-state index contributed by atoms with van der Waals surface area (Å²) in [6.07, 6.45) is 2.45. The van der Waals surface area contributed by atoms with Gasteiger partial charge < -0.3 is 14.8 Å². The highest BCUT2D eigenvalue weighted by Crippen LogP contribution is 2.26. The van der Waals surface area contributed by atoms with E-state index < -0.39 is 0 Å². The first-order chi connectivity index (χ1) is 7.40. The Bertz CT molecular complexity index is 314. The number of methoxy groups -OCH3 is 1. The minimum Gasteiger partial charge on any atom is -0.493 e. The zero-order valence-electron chi connectivity index (χ0n) is 9.44. The van der Waals surface area contributed by atoms with Crippen molar-refractivity contribution in [1.82, 2.24) is 5.32 Å². The second-order valence-corrected chi connectivity index (χ2v) is 3.76. The van der Waals surface area contributed by atoms with Crippen LogP contribution in [0.2, 0.25) is 0 Å². The molecule has 0 saturated carbocycles. The summed E-state index contributed by atoms with van der Waals surface area (Å²) in [4.78, 5) is 0. The van der Waals surface area contributed by atoms with Crippen LogP contribution in [-0.2, 0) is 0 Å². The molecule has 16 heavy (non-hydrogen) atoms. The van der Waals surface area contributed by atoms with E-state index in [0.29, 0.717) is 6.04 Å². The molecule has 1 heterocycles. The molecule has 90 valence electrons. The lowest BCUT2D eigenvalue weighted by atomic mass is 10.2. The van der Waals surface area contributed by atoms with E-state index in [1.165, 1.54) is 12.8 Å². The molecule has 1 aliphatic rings. The summed E-state index contributed by atoms with van der Waals surface area (Å²) in [6, 6.07) is 8.25. The molecule has 1 saturated heterocycles. The quantitative estimate of drug-likeness (QED) is 0.880. The molecule has 4 heteroatoms. The molecule has 1 aromatic rings. The van der Waals surface area contributed by atoms with Crippen molar-refractivity contribution in [3.05, 3.63) is 24.3 Å². The second kappa shape index (κ2) is 6.61. The van der Waals surface area contributed by atoms with Crippen molar-refractivity contribution in [3.63, 3.8) is 0 Å². The van der Waals surface area contributed by atoms with E-state index in [-0.39, 0.29) is 12.4 Å². The average molecular weight is 244 g/mol. The van der Waals surface area contributed by atoms with Crippen LogP contribution in [0, 0.1) is 0 Å². The third-order valence-corrected chi connectivity index (χ3v) is 2.67. The maximum atomic E-state index is 5.72. The minimum absolute atomic E-state index is 0. The summed E-state index contributed by atoms with van der Waals surface area (Å²) in [6.45, 7) is 1.83. The minimum atomic E-state index is 0. The maximum Gasteiger partial charge on any atom is 0.161 e. The molecule has 1 atom stereocenters. The Labute approximate surface area is 103 Å². The summed E-state index contributed by atoms with van der Waals surface area (Å²) in [5.41, 5.74) is 0. The highest BCUT2D eigenvalue weighted by Gasteiger charge is 2.15. The van der Waals surface area contributed by atoms with Crippen LogP contribution in [0.5, 0.6) is 11.5 Å². The first-order valence-electron chi connectivity index (χ1n) is 5.39. The Morgan fingerprint density at radius 2 is 2.06 bits per heavy atom. The van der Waals surface area contributed by atoms with Crippen LogP contribution >= 0.6 is 12.4 Å². The van der Waals surface area contributed by atoms with Crippen molar-refractivity contribution < 1.29 is 9.47 Å². The number of nitrogens with one attached hydrogen (secondary N) is 1. The molecule has 1 aliphatic heterocycles. The molecule has 3 nitrogen and oxygen atoms in total. The van der Waals surface area contributed by atoms with Crippen LogP contribution in [0.25, 0.3) is 0 Å². The predicted octanol–water partition coefficient (Wildman–Crippen LogP) is 2.25. The fraction of sp³-hybridized carbons (Fsp3) is 0.500. The summed E-state index contributed by atoms with van der Waals surface area (Å²) >= 11 is 0. The van der Waals surface area contributed by atoms with Gasteiger partial charge in [-0.2, -0.15) is 0 Å². The van der Waals surface area contributed by atoms with Gasteiger partial charge in [0.15, 0.2) is 11.5 Å². The average Bonchev–Trinajstić information content (AvgIpc) is 2.79. The molecule has 0 aromatic heterocycles. The van der Waals surface area contributed by atoms with E-state index in [9.17, 15) is 0 Å². The van der Waals surface area contributed by atoms with Gasteiger partial charge >= 0.3 is 0 Å². The third-order valence-electron chi connectivity index (χ3n) is 2.67. The van der Waals surface area contributed by atoms with Crippen molar-refractivity contribution in [3.8, 4) is 11.5 Å². The number of para-hydroxylation sites is 2. The number of benzene rings is 1. The van der Waals surface area contributed by atoms with Crippen LogP contribution in [0.15, 0.2) is 24.3 Å². The summed E-state index contributed by atoms with van der Waals surface area (Å²) in [7, 11) is 1.66. The predicted molar refractivity (Wildman–Crippen MR) is 66.8 cm³/mol. The molecule has 0 aliphatic carbocycles. The van der Waals surface area contributed by atoms with E-state index in [0.717, 1.165) is 24.7 Å². The van der Waals surface area contributed by atoms with E-state index >= 15 is 0 Å². The van der Waals surface area contributed by atoms with Gasteiger partial charge in [-0.25, -0.2) is 0 Å². The number of rotatable bonds is 4. The van der Waals surface area contributed by atoms with Crippen LogP contribution in [0.3, 0.4) is 0 Å². The molecule has 0 spiro atoms. The molecular weight excluding hydrogens is 226 g/mol. The molecule has 1 fully saturated rings. The van der Waals surface area contributed by atoms with Crippen LogP contribution in [-0.4, -0.2) is 26.3 Å².